The van der Waals surface area contributed by atoms with E-state index in [0.29, 0.717) is 17.2 Å². The number of aliphatic carboxylic acids is 1. The highest BCUT2D eigenvalue weighted by atomic mass is 16.4. The monoisotopic (exact) mass is 532 g/mol. The van der Waals surface area contributed by atoms with Crippen molar-refractivity contribution in [2.75, 3.05) is 0 Å². The first-order chi connectivity index (χ1) is 18.4. The van der Waals surface area contributed by atoms with Gasteiger partial charge in [0.15, 0.2) is 0 Å². The number of pyridine rings is 1. The normalized spacial score (nSPS) is 12.7. The van der Waals surface area contributed by atoms with Crippen molar-refractivity contribution in [3.63, 3.8) is 0 Å². The summed E-state index contributed by atoms with van der Waals surface area (Å²) < 4.78 is 0. The third-order valence-corrected chi connectivity index (χ3v) is 6.14. The van der Waals surface area contributed by atoms with Crippen molar-refractivity contribution in [3.8, 4) is 0 Å². The maximum absolute atomic E-state index is 14.2. The lowest BCUT2D eigenvalue weighted by atomic mass is 9.85. The van der Waals surface area contributed by atoms with Gasteiger partial charge in [-0.1, -0.05) is 75.4 Å². The highest BCUT2D eigenvalue weighted by molar-refractivity contribution is 6.06. The van der Waals surface area contributed by atoms with Crippen LogP contribution in [0.1, 0.15) is 50.2 Å². The molecule has 0 saturated carbocycles. The van der Waals surface area contributed by atoms with Crippen molar-refractivity contribution >= 4 is 40.7 Å². The first kappa shape index (κ1) is 29.0. The van der Waals surface area contributed by atoms with E-state index in [9.17, 15) is 29.1 Å². The van der Waals surface area contributed by atoms with Crippen LogP contribution in [0.15, 0.2) is 66.9 Å². The van der Waals surface area contributed by atoms with Gasteiger partial charge in [-0.15, -0.1) is 0 Å². The number of carboxylic acids is 1. The van der Waals surface area contributed by atoms with Gasteiger partial charge >= 0.3 is 5.97 Å². The molecule has 0 radical (unpaired) electrons. The summed E-state index contributed by atoms with van der Waals surface area (Å²) in [6.45, 7) is 6.26. The summed E-state index contributed by atoms with van der Waals surface area (Å²) in [4.78, 5) is 68.2. The minimum atomic E-state index is -1.44. The Labute approximate surface area is 226 Å². The van der Waals surface area contributed by atoms with Gasteiger partial charge in [0.05, 0.1) is 13.0 Å². The molecule has 10 heteroatoms. The molecule has 1 aromatic heterocycles. The van der Waals surface area contributed by atoms with Crippen LogP contribution in [-0.4, -0.2) is 62.2 Å². The molecule has 3 amide bonds. The Kier molecular flexibility index (Phi) is 9.13. The summed E-state index contributed by atoms with van der Waals surface area (Å²) in [6.07, 6.45) is 1.13. The zero-order chi connectivity index (χ0) is 28.7. The van der Waals surface area contributed by atoms with Gasteiger partial charge in [-0.05, 0) is 22.4 Å². The van der Waals surface area contributed by atoms with Crippen molar-refractivity contribution in [2.24, 2.45) is 5.41 Å². The molecule has 0 bridgehead atoms. The quantitative estimate of drug-likeness (QED) is 0.319. The highest BCUT2D eigenvalue weighted by Crippen LogP contribution is 2.25. The second-order valence-corrected chi connectivity index (χ2v) is 10.2. The van der Waals surface area contributed by atoms with Gasteiger partial charge in [-0.2, -0.15) is 0 Å². The molecular weight excluding hydrogens is 500 g/mol. The number of nitrogens with one attached hydrogen (secondary N) is 1. The number of nitrogens with zero attached hydrogens (tertiary/aromatic N) is 3. The van der Waals surface area contributed by atoms with Gasteiger partial charge in [-0.3, -0.25) is 24.2 Å². The first-order valence-corrected chi connectivity index (χ1v) is 12.4. The maximum atomic E-state index is 14.2. The van der Waals surface area contributed by atoms with Gasteiger partial charge in [-0.25, -0.2) is 10.0 Å². The first-order valence-electron chi connectivity index (χ1n) is 12.4. The number of rotatable bonds is 9. The van der Waals surface area contributed by atoms with Crippen molar-refractivity contribution in [3.05, 3.63) is 78.1 Å². The molecule has 2 N–H and O–H groups in total. The number of aromatic nitrogens is 1. The summed E-state index contributed by atoms with van der Waals surface area (Å²) in [7, 11) is 0. The van der Waals surface area contributed by atoms with E-state index in [2.05, 4.69) is 10.3 Å². The number of fused-ring (bicyclic) bond motifs is 1. The average Bonchev–Trinajstić information content (AvgIpc) is 2.89. The molecule has 0 aliphatic carbocycles. The van der Waals surface area contributed by atoms with Crippen LogP contribution >= 0.6 is 0 Å². The van der Waals surface area contributed by atoms with Gasteiger partial charge < -0.3 is 15.2 Å². The molecule has 0 unspecified atom stereocenters. The highest BCUT2D eigenvalue weighted by Gasteiger charge is 2.41. The van der Waals surface area contributed by atoms with Gasteiger partial charge in [0.2, 0.25) is 5.91 Å². The summed E-state index contributed by atoms with van der Waals surface area (Å²) in [5.74, 6) is -3.29. The Morgan fingerprint density at radius 3 is 2.23 bits per heavy atom. The fourth-order valence-electron chi connectivity index (χ4n) is 4.27. The van der Waals surface area contributed by atoms with Crippen molar-refractivity contribution in [2.45, 2.75) is 52.7 Å². The second-order valence-electron chi connectivity index (χ2n) is 10.2. The number of benzene rings is 2. The number of hydrogen-bond donors (Lipinski definition) is 2. The van der Waals surface area contributed by atoms with Crippen LogP contribution in [0.5, 0.6) is 0 Å². The van der Waals surface area contributed by atoms with E-state index in [4.69, 9.17) is 0 Å². The fourth-order valence-corrected chi connectivity index (χ4v) is 4.27. The molecule has 0 saturated heterocycles. The van der Waals surface area contributed by atoms with E-state index in [1.807, 2.05) is 12.1 Å². The van der Waals surface area contributed by atoms with Gasteiger partial charge in [0.25, 0.3) is 11.8 Å². The molecule has 0 aliphatic heterocycles. The topological polar surface area (TPSA) is 137 Å². The lowest BCUT2D eigenvalue weighted by Gasteiger charge is -2.41. The van der Waals surface area contributed by atoms with Crippen LogP contribution in [0.4, 0.5) is 0 Å². The second kappa shape index (κ2) is 12.3. The minimum Gasteiger partial charge on any atom is -0.481 e. The Bertz CT molecular complexity index is 1360. The van der Waals surface area contributed by atoms with Gasteiger partial charge in [0, 0.05) is 18.5 Å². The van der Waals surface area contributed by atoms with E-state index in [1.54, 1.807) is 69.3 Å². The lowest BCUT2D eigenvalue weighted by Crippen LogP contribution is -2.62. The third-order valence-electron chi connectivity index (χ3n) is 6.14. The van der Waals surface area contributed by atoms with Gasteiger partial charge in [0.1, 0.15) is 24.1 Å². The van der Waals surface area contributed by atoms with Crippen LogP contribution in [0.25, 0.3) is 10.8 Å². The van der Waals surface area contributed by atoms with Crippen LogP contribution < -0.4 is 5.32 Å². The summed E-state index contributed by atoms with van der Waals surface area (Å²) >= 11 is 0. The number of carboxylic acid groups (broad SMARTS) is 1. The number of aldehydes is 1. The van der Waals surface area contributed by atoms with E-state index in [1.165, 1.54) is 6.20 Å². The Hall–Kier alpha value is -4.60. The van der Waals surface area contributed by atoms with Crippen LogP contribution in [-0.2, 0) is 25.7 Å². The molecule has 1 heterocycles. The SMILES string of the molecule is CC(=O)N([C@H](C=O)CC(=O)O)N(Cc1ccccc1)C(=O)[C@@H](NC(=O)c1nccc2ccccc12)C(C)(C)C. The standard InChI is InChI=1S/C29H32N4O6/c1-19(35)33(22(18-34)16-24(36)37)32(17-20-10-6-5-7-11-20)28(39)26(29(2,3)4)31-27(38)25-23-13-9-8-12-21(23)14-15-30-25/h5-15,18,22,26H,16-17H2,1-4H3,(H,31,38)(H,36,37)/t22-,26+/m0/s1. The number of amides is 3. The van der Waals surface area contributed by atoms with E-state index >= 15 is 0 Å². The molecule has 0 fully saturated rings. The average molecular weight is 533 g/mol. The molecule has 39 heavy (non-hydrogen) atoms. The molecule has 0 aliphatic rings. The molecule has 3 rings (SSSR count). The molecule has 2 aromatic carbocycles. The van der Waals surface area contributed by atoms with E-state index < -0.39 is 47.6 Å². The molecule has 3 aromatic rings. The molecule has 10 nitrogen and oxygen atoms in total. The summed E-state index contributed by atoms with van der Waals surface area (Å²) in [6, 6.07) is 15.1. The number of hydrazine groups is 1. The van der Waals surface area contributed by atoms with Crippen molar-refractivity contribution < 1.29 is 29.1 Å². The number of carbonyl (C=O) groups excluding carboxylic acids is 4. The smallest absolute Gasteiger partial charge is 0.305 e. The largest absolute Gasteiger partial charge is 0.481 e. The van der Waals surface area contributed by atoms with Crippen LogP contribution in [0, 0.1) is 5.41 Å². The Morgan fingerprint density at radius 1 is 1.00 bits per heavy atom. The molecular formula is C29H32N4O6. The Balaban J connectivity index is 2.07. The van der Waals surface area contributed by atoms with E-state index in [-0.39, 0.29) is 12.2 Å². The number of hydrogen-bond acceptors (Lipinski definition) is 6. The predicted molar refractivity (Wildman–Crippen MR) is 144 cm³/mol. The predicted octanol–water partition coefficient (Wildman–Crippen LogP) is 3.21. The zero-order valence-corrected chi connectivity index (χ0v) is 22.3. The molecule has 2 atom stereocenters. The van der Waals surface area contributed by atoms with Crippen molar-refractivity contribution in [1.82, 2.24) is 20.3 Å². The maximum Gasteiger partial charge on any atom is 0.305 e. The minimum absolute atomic E-state index is 0.129. The Morgan fingerprint density at radius 2 is 1.64 bits per heavy atom. The van der Waals surface area contributed by atoms with Crippen molar-refractivity contribution in [1.29, 1.82) is 0 Å². The fraction of sp³-hybridized carbons (Fsp3) is 0.310. The van der Waals surface area contributed by atoms with E-state index in [0.717, 1.165) is 22.3 Å². The van der Waals surface area contributed by atoms with Crippen LogP contribution in [0.2, 0.25) is 0 Å². The lowest BCUT2D eigenvalue weighted by molar-refractivity contribution is -0.174. The molecule has 0 spiro atoms. The van der Waals surface area contributed by atoms with Crippen LogP contribution in [0.3, 0.4) is 0 Å². The zero-order valence-electron chi connectivity index (χ0n) is 22.3. The summed E-state index contributed by atoms with van der Waals surface area (Å²) in [5, 5.41) is 15.5. The molecule has 204 valence electrons. The summed E-state index contributed by atoms with van der Waals surface area (Å²) in [5.41, 5.74) is -0.0883. The third kappa shape index (κ3) is 7.04. The number of carbonyl (C=O) groups is 5.